The van der Waals surface area contributed by atoms with Crippen LogP contribution in [0.1, 0.15) is 24.3 Å². The fourth-order valence-corrected chi connectivity index (χ4v) is 3.70. The number of methoxy groups -OCH3 is 2. The van der Waals surface area contributed by atoms with Gasteiger partial charge < -0.3 is 14.4 Å². The lowest BCUT2D eigenvalue weighted by Crippen LogP contribution is -2.27. The topological polar surface area (TPSA) is 38.8 Å². The highest BCUT2D eigenvalue weighted by Crippen LogP contribution is 2.28. The van der Waals surface area contributed by atoms with Gasteiger partial charge in [0, 0.05) is 25.0 Å². The van der Waals surface area contributed by atoms with Crippen LogP contribution in [-0.2, 0) is 14.3 Å². The molecule has 0 saturated heterocycles. The van der Waals surface area contributed by atoms with Gasteiger partial charge in [-0.1, -0.05) is 48.5 Å². The number of carbonyl (C=O) groups excluding carboxylic acids is 1. The average Bonchev–Trinajstić information content (AvgIpc) is 2.83. The first-order valence-corrected chi connectivity index (χ1v) is 10.4. The minimum Gasteiger partial charge on any atom is -0.469 e. The van der Waals surface area contributed by atoms with Gasteiger partial charge in [0.2, 0.25) is 0 Å². The van der Waals surface area contributed by atoms with Crippen LogP contribution in [0, 0.1) is 5.82 Å². The Bertz CT molecular complexity index is 892. The third kappa shape index (κ3) is 6.15. The minimum atomic E-state index is -0.516. The van der Waals surface area contributed by atoms with Crippen LogP contribution in [-0.4, -0.2) is 32.8 Å². The highest BCUT2D eigenvalue weighted by atomic mass is 19.1. The molecular formula is C26H28FNO3. The summed E-state index contributed by atoms with van der Waals surface area (Å²) in [6.45, 7) is 0.712. The Morgan fingerprint density at radius 3 is 1.90 bits per heavy atom. The zero-order chi connectivity index (χ0) is 22.1. The average molecular weight is 422 g/mol. The van der Waals surface area contributed by atoms with E-state index < -0.39 is 5.92 Å². The van der Waals surface area contributed by atoms with Crippen molar-refractivity contribution in [3.63, 3.8) is 0 Å². The van der Waals surface area contributed by atoms with E-state index in [0.29, 0.717) is 19.4 Å². The van der Waals surface area contributed by atoms with Crippen molar-refractivity contribution in [1.29, 1.82) is 0 Å². The van der Waals surface area contributed by atoms with Gasteiger partial charge in [0.05, 0.1) is 19.1 Å². The molecule has 162 valence electrons. The fraction of sp³-hybridized carbons (Fsp3) is 0.269. The standard InChI is InChI=1S/C26H28FNO3/c1-30-24(19-25(26(29)31-2)20-13-15-21(27)16-14-20)17-18-28(22-9-5-3-6-10-22)23-11-7-4-8-12-23/h3-16,24-25H,17-19H2,1-2H3/t24-,25-/m0/s1. The molecule has 3 rings (SSSR count). The number of ether oxygens (including phenoxy) is 2. The number of esters is 1. The zero-order valence-electron chi connectivity index (χ0n) is 17.9. The van der Waals surface area contributed by atoms with Crippen molar-refractivity contribution in [2.45, 2.75) is 24.9 Å². The van der Waals surface area contributed by atoms with Crippen LogP contribution in [0.2, 0.25) is 0 Å². The number of para-hydroxylation sites is 2. The number of rotatable bonds is 10. The van der Waals surface area contributed by atoms with Crippen LogP contribution in [0.3, 0.4) is 0 Å². The first-order valence-electron chi connectivity index (χ1n) is 10.4. The van der Waals surface area contributed by atoms with E-state index >= 15 is 0 Å². The van der Waals surface area contributed by atoms with Gasteiger partial charge in [-0.25, -0.2) is 4.39 Å². The lowest BCUT2D eigenvalue weighted by atomic mass is 9.92. The molecule has 0 aliphatic heterocycles. The maximum atomic E-state index is 13.3. The molecule has 0 aliphatic rings. The van der Waals surface area contributed by atoms with Crippen LogP contribution in [0.25, 0.3) is 0 Å². The molecule has 0 saturated carbocycles. The zero-order valence-corrected chi connectivity index (χ0v) is 17.9. The van der Waals surface area contributed by atoms with Crippen LogP contribution in [0.15, 0.2) is 84.9 Å². The molecule has 31 heavy (non-hydrogen) atoms. The summed E-state index contributed by atoms with van der Waals surface area (Å²) < 4.78 is 24.1. The van der Waals surface area contributed by atoms with Crippen LogP contribution >= 0.6 is 0 Å². The minimum absolute atomic E-state index is 0.177. The van der Waals surface area contributed by atoms with E-state index in [2.05, 4.69) is 29.2 Å². The Labute approximate surface area is 183 Å². The smallest absolute Gasteiger partial charge is 0.313 e. The van der Waals surface area contributed by atoms with Crippen LogP contribution in [0.4, 0.5) is 15.8 Å². The van der Waals surface area contributed by atoms with Gasteiger partial charge in [-0.2, -0.15) is 0 Å². The molecule has 0 fully saturated rings. The Morgan fingerprint density at radius 2 is 1.42 bits per heavy atom. The van der Waals surface area contributed by atoms with Gasteiger partial charge in [0.25, 0.3) is 0 Å². The molecule has 0 spiro atoms. The van der Waals surface area contributed by atoms with Crippen molar-refractivity contribution in [3.8, 4) is 0 Å². The van der Waals surface area contributed by atoms with Gasteiger partial charge in [-0.15, -0.1) is 0 Å². The van der Waals surface area contributed by atoms with Gasteiger partial charge in [-0.05, 0) is 54.8 Å². The van der Waals surface area contributed by atoms with Crippen molar-refractivity contribution in [2.24, 2.45) is 0 Å². The number of halogens is 1. The predicted molar refractivity (Wildman–Crippen MR) is 121 cm³/mol. The molecule has 3 aromatic rings. The fourth-order valence-electron chi connectivity index (χ4n) is 3.70. The maximum absolute atomic E-state index is 13.3. The third-order valence-corrected chi connectivity index (χ3v) is 5.40. The summed E-state index contributed by atoms with van der Waals surface area (Å²) in [6.07, 6.45) is 0.977. The summed E-state index contributed by atoms with van der Waals surface area (Å²) in [5.41, 5.74) is 2.90. The maximum Gasteiger partial charge on any atom is 0.313 e. The second kappa shape index (κ2) is 11.3. The largest absolute Gasteiger partial charge is 0.469 e. The molecule has 0 aliphatic carbocycles. The molecule has 0 radical (unpaired) electrons. The van der Waals surface area contributed by atoms with E-state index in [0.717, 1.165) is 16.9 Å². The quantitative estimate of drug-likeness (QED) is 0.393. The molecule has 5 heteroatoms. The van der Waals surface area contributed by atoms with E-state index in [4.69, 9.17) is 9.47 Å². The molecule has 4 nitrogen and oxygen atoms in total. The first-order chi connectivity index (χ1) is 15.1. The molecule has 0 N–H and O–H groups in total. The second-order valence-electron chi connectivity index (χ2n) is 7.33. The summed E-state index contributed by atoms with van der Waals surface area (Å²) in [7, 11) is 3.02. The molecule has 0 amide bonds. The first kappa shape index (κ1) is 22.5. The Kier molecular flexibility index (Phi) is 8.19. The number of carbonyl (C=O) groups is 1. The van der Waals surface area contributed by atoms with E-state index in [-0.39, 0.29) is 17.9 Å². The predicted octanol–water partition coefficient (Wildman–Crippen LogP) is 5.72. The number of nitrogens with zero attached hydrogens (tertiary/aromatic N) is 1. The third-order valence-electron chi connectivity index (χ3n) is 5.40. The summed E-state index contributed by atoms with van der Waals surface area (Å²) in [4.78, 5) is 14.7. The molecule has 0 heterocycles. The summed E-state index contributed by atoms with van der Waals surface area (Å²) in [6, 6.07) is 26.3. The van der Waals surface area contributed by atoms with Crippen molar-refractivity contribution in [1.82, 2.24) is 0 Å². The number of hydrogen-bond donors (Lipinski definition) is 0. The van der Waals surface area contributed by atoms with Crippen molar-refractivity contribution in [2.75, 3.05) is 25.7 Å². The molecule has 0 bridgehead atoms. The van der Waals surface area contributed by atoms with E-state index in [1.54, 1.807) is 19.2 Å². The molecule has 0 unspecified atom stereocenters. The molecule has 2 atom stereocenters. The van der Waals surface area contributed by atoms with Crippen molar-refractivity contribution >= 4 is 17.3 Å². The number of anilines is 2. The van der Waals surface area contributed by atoms with E-state index in [1.165, 1.54) is 19.2 Å². The summed E-state index contributed by atoms with van der Waals surface area (Å²) in [5, 5.41) is 0. The van der Waals surface area contributed by atoms with Gasteiger partial charge in [0.15, 0.2) is 0 Å². The lowest BCUT2D eigenvalue weighted by molar-refractivity contribution is -0.143. The monoisotopic (exact) mass is 421 g/mol. The van der Waals surface area contributed by atoms with E-state index in [1.807, 2.05) is 36.4 Å². The molecular weight excluding hydrogens is 393 g/mol. The van der Waals surface area contributed by atoms with Crippen molar-refractivity contribution in [3.05, 3.63) is 96.3 Å². The van der Waals surface area contributed by atoms with E-state index in [9.17, 15) is 9.18 Å². The van der Waals surface area contributed by atoms with Gasteiger partial charge in [0.1, 0.15) is 5.82 Å². The Hall–Kier alpha value is -3.18. The number of benzene rings is 3. The Morgan fingerprint density at radius 1 is 0.871 bits per heavy atom. The van der Waals surface area contributed by atoms with Gasteiger partial charge >= 0.3 is 5.97 Å². The van der Waals surface area contributed by atoms with Crippen molar-refractivity contribution < 1.29 is 18.7 Å². The van der Waals surface area contributed by atoms with Crippen LogP contribution < -0.4 is 4.90 Å². The summed E-state index contributed by atoms with van der Waals surface area (Å²) >= 11 is 0. The van der Waals surface area contributed by atoms with Crippen LogP contribution in [0.5, 0.6) is 0 Å². The molecule has 3 aromatic carbocycles. The second-order valence-corrected chi connectivity index (χ2v) is 7.33. The summed E-state index contributed by atoms with van der Waals surface area (Å²) in [5.74, 6) is -1.20. The highest BCUT2D eigenvalue weighted by Gasteiger charge is 2.26. The highest BCUT2D eigenvalue weighted by molar-refractivity contribution is 5.78. The lowest BCUT2D eigenvalue weighted by Gasteiger charge is -2.28. The number of hydrogen-bond acceptors (Lipinski definition) is 4. The van der Waals surface area contributed by atoms with Gasteiger partial charge in [-0.3, -0.25) is 4.79 Å². The molecule has 0 aromatic heterocycles. The normalized spacial score (nSPS) is 12.7. The SMILES string of the molecule is COC(=O)[C@@H](C[C@H](CCN(c1ccccc1)c1ccccc1)OC)c1ccc(F)cc1. The Balaban J connectivity index is 1.76.